The fourth-order valence-corrected chi connectivity index (χ4v) is 1.75. The van der Waals surface area contributed by atoms with Gasteiger partial charge >= 0.3 is 0 Å². The number of aldehydes is 1. The summed E-state index contributed by atoms with van der Waals surface area (Å²) in [6.07, 6.45) is 4.27. The average Bonchev–Trinajstić information content (AvgIpc) is 2.26. The van der Waals surface area contributed by atoms with E-state index in [1.165, 1.54) is 12.8 Å². The van der Waals surface area contributed by atoms with Crippen LogP contribution in [-0.4, -0.2) is 12.9 Å². The van der Waals surface area contributed by atoms with Crippen molar-refractivity contribution in [3.05, 3.63) is 28.2 Å². The molecule has 0 unspecified atom stereocenters. The van der Waals surface area contributed by atoms with Crippen LogP contribution in [0.2, 0.25) is 0 Å². The van der Waals surface area contributed by atoms with Gasteiger partial charge in [-0.1, -0.05) is 19.8 Å². The molecule has 1 rings (SSSR count). The molecule has 1 aromatic rings. The van der Waals surface area contributed by atoms with Gasteiger partial charge in [-0.25, -0.2) is 0 Å². The van der Waals surface area contributed by atoms with Crippen molar-refractivity contribution in [2.24, 2.45) is 0 Å². The molecule has 2 nitrogen and oxygen atoms in total. The van der Waals surface area contributed by atoms with Crippen molar-refractivity contribution in [2.45, 2.75) is 26.2 Å². The Labute approximate surface area is 98.8 Å². The Morgan fingerprint density at radius 3 is 2.80 bits per heavy atom. The molecule has 15 heavy (non-hydrogen) atoms. The minimum atomic E-state index is 0.655. The van der Waals surface area contributed by atoms with Crippen LogP contribution >= 0.6 is 15.9 Å². The standard InChI is InChI=1S/C12H15BrO2/c1-2-3-4-7-15-12-6-5-10(9-14)8-11(12)13/h5-6,8-9H,2-4,7H2,1H3. The highest BCUT2D eigenvalue weighted by Gasteiger charge is 2.01. The van der Waals surface area contributed by atoms with Crippen molar-refractivity contribution in [3.63, 3.8) is 0 Å². The van der Waals surface area contributed by atoms with Crippen LogP contribution in [0.4, 0.5) is 0 Å². The smallest absolute Gasteiger partial charge is 0.150 e. The fraction of sp³-hybridized carbons (Fsp3) is 0.417. The van der Waals surface area contributed by atoms with Gasteiger partial charge in [-0.3, -0.25) is 4.79 Å². The molecule has 0 amide bonds. The van der Waals surface area contributed by atoms with Crippen LogP contribution in [0.25, 0.3) is 0 Å². The molecule has 0 atom stereocenters. The van der Waals surface area contributed by atoms with Gasteiger partial charge in [0.25, 0.3) is 0 Å². The Hall–Kier alpha value is -0.830. The van der Waals surface area contributed by atoms with E-state index in [4.69, 9.17) is 4.74 Å². The largest absolute Gasteiger partial charge is 0.492 e. The van der Waals surface area contributed by atoms with Crippen molar-refractivity contribution in [3.8, 4) is 5.75 Å². The van der Waals surface area contributed by atoms with Gasteiger partial charge in [0.2, 0.25) is 0 Å². The van der Waals surface area contributed by atoms with Gasteiger partial charge in [-0.05, 0) is 40.5 Å². The number of unbranched alkanes of at least 4 members (excludes halogenated alkanes) is 2. The number of halogens is 1. The van der Waals surface area contributed by atoms with Crippen LogP contribution in [0.15, 0.2) is 22.7 Å². The minimum absolute atomic E-state index is 0.655. The van der Waals surface area contributed by atoms with Gasteiger partial charge in [-0.2, -0.15) is 0 Å². The monoisotopic (exact) mass is 270 g/mol. The number of hydrogen-bond donors (Lipinski definition) is 0. The van der Waals surface area contributed by atoms with Gasteiger partial charge in [-0.15, -0.1) is 0 Å². The van der Waals surface area contributed by atoms with Crippen LogP contribution in [0.3, 0.4) is 0 Å². The first-order chi connectivity index (χ1) is 7.27. The number of benzene rings is 1. The van der Waals surface area contributed by atoms with Crippen molar-refractivity contribution in [2.75, 3.05) is 6.61 Å². The molecule has 0 saturated carbocycles. The molecular weight excluding hydrogens is 256 g/mol. The lowest BCUT2D eigenvalue weighted by molar-refractivity contribution is 0.112. The Bertz CT molecular complexity index is 323. The van der Waals surface area contributed by atoms with Gasteiger partial charge < -0.3 is 4.74 Å². The van der Waals surface area contributed by atoms with Crippen LogP contribution < -0.4 is 4.74 Å². The zero-order chi connectivity index (χ0) is 11.1. The van der Waals surface area contributed by atoms with E-state index in [-0.39, 0.29) is 0 Å². The molecule has 0 aliphatic rings. The van der Waals surface area contributed by atoms with Crippen molar-refractivity contribution >= 4 is 22.2 Å². The molecule has 0 heterocycles. The fourth-order valence-electron chi connectivity index (χ4n) is 1.24. The number of carbonyl (C=O) groups is 1. The highest BCUT2D eigenvalue weighted by atomic mass is 79.9. The molecule has 0 aromatic heterocycles. The topological polar surface area (TPSA) is 26.3 Å². The Kier molecular flexibility index (Phi) is 5.40. The lowest BCUT2D eigenvalue weighted by atomic mass is 10.2. The van der Waals surface area contributed by atoms with Gasteiger partial charge in [0.15, 0.2) is 0 Å². The van der Waals surface area contributed by atoms with Gasteiger partial charge in [0.05, 0.1) is 11.1 Å². The molecule has 0 bridgehead atoms. The van der Waals surface area contributed by atoms with Gasteiger partial charge in [0, 0.05) is 5.56 Å². The second kappa shape index (κ2) is 6.62. The zero-order valence-corrected chi connectivity index (χ0v) is 10.4. The van der Waals surface area contributed by atoms with E-state index in [0.29, 0.717) is 5.56 Å². The molecule has 0 aliphatic heterocycles. The molecule has 0 spiro atoms. The highest BCUT2D eigenvalue weighted by molar-refractivity contribution is 9.10. The molecule has 0 fully saturated rings. The first kappa shape index (κ1) is 12.2. The Morgan fingerprint density at radius 1 is 1.40 bits per heavy atom. The Morgan fingerprint density at radius 2 is 2.20 bits per heavy atom. The van der Waals surface area contributed by atoms with Crippen LogP contribution in [-0.2, 0) is 0 Å². The summed E-state index contributed by atoms with van der Waals surface area (Å²) >= 11 is 3.37. The maximum absolute atomic E-state index is 10.5. The zero-order valence-electron chi connectivity index (χ0n) is 8.83. The molecule has 0 N–H and O–H groups in total. The summed E-state index contributed by atoms with van der Waals surface area (Å²) in [5.74, 6) is 0.803. The third-order valence-corrected chi connectivity index (χ3v) is 2.72. The summed E-state index contributed by atoms with van der Waals surface area (Å²) in [5.41, 5.74) is 0.655. The minimum Gasteiger partial charge on any atom is -0.492 e. The number of carbonyl (C=O) groups excluding carboxylic acids is 1. The van der Waals surface area contributed by atoms with E-state index in [2.05, 4.69) is 22.9 Å². The quantitative estimate of drug-likeness (QED) is 0.580. The molecule has 0 radical (unpaired) electrons. The lowest BCUT2D eigenvalue weighted by Gasteiger charge is -2.07. The molecular formula is C12H15BrO2. The highest BCUT2D eigenvalue weighted by Crippen LogP contribution is 2.25. The second-order valence-electron chi connectivity index (χ2n) is 3.36. The van der Waals surface area contributed by atoms with E-state index >= 15 is 0 Å². The predicted octanol–water partition coefficient (Wildman–Crippen LogP) is 3.83. The first-order valence-corrected chi connectivity index (χ1v) is 5.94. The molecule has 82 valence electrons. The molecule has 3 heteroatoms. The van der Waals surface area contributed by atoms with E-state index in [0.717, 1.165) is 29.5 Å². The number of ether oxygens (including phenoxy) is 1. The van der Waals surface area contributed by atoms with Crippen LogP contribution in [0.1, 0.15) is 36.5 Å². The van der Waals surface area contributed by atoms with Crippen LogP contribution in [0, 0.1) is 0 Å². The first-order valence-electron chi connectivity index (χ1n) is 5.15. The summed E-state index contributed by atoms with van der Waals surface area (Å²) in [5, 5.41) is 0. The Balaban J connectivity index is 2.50. The number of rotatable bonds is 6. The predicted molar refractivity (Wildman–Crippen MR) is 64.5 cm³/mol. The second-order valence-corrected chi connectivity index (χ2v) is 4.22. The number of hydrogen-bond acceptors (Lipinski definition) is 2. The normalized spacial score (nSPS) is 10.0. The van der Waals surface area contributed by atoms with E-state index in [1.54, 1.807) is 12.1 Å². The van der Waals surface area contributed by atoms with Crippen molar-refractivity contribution in [1.82, 2.24) is 0 Å². The molecule has 0 saturated heterocycles. The molecule has 0 aliphatic carbocycles. The van der Waals surface area contributed by atoms with Gasteiger partial charge in [0.1, 0.15) is 12.0 Å². The summed E-state index contributed by atoms with van der Waals surface area (Å²) in [6.45, 7) is 2.89. The van der Waals surface area contributed by atoms with Crippen molar-refractivity contribution in [1.29, 1.82) is 0 Å². The summed E-state index contributed by atoms with van der Waals surface area (Å²) in [7, 11) is 0. The lowest BCUT2D eigenvalue weighted by Crippen LogP contribution is -1.97. The SMILES string of the molecule is CCCCCOc1ccc(C=O)cc1Br. The maximum Gasteiger partial charge on any atom is 0.150 e. The van der Waals surface area contributed by atoms with E-state index in [1.807, 2.05) is 6.07 Å². The average molecular weight is 271 g/mol. The maximum atomic E-state index is 10.5. The summed E-state index contributed by atoms with van der Waals surface area (Å²) in [4.78, 5) is 10.5. The van der Waals surface area contributed by atoms with Crippen molar-refractivity contribution < 1.29 is 9.53 Å². The van der Waals surface area contributed by atoms with E-state index < -0.39 is 0 Å². The third-order valence-electron chi connectivity index (χ3n) is 2.10. The van der Waals surface area contributed by atoms with E-state index in [9.17, 15) is 4.79 Å². The summed E-state index contributed by atoms with van der Waals surface area (Å²) in [6, 6.07) is 5.34. The van der Waals surface area contributed by atoms with Crippen LogP contribution in [0.5, 0.6) is 5.75 Å². The third kappa shape index (κ3) is 4.04. The summed E-state index contributed by atoms with van der Waals surface area (Å²) < 4.78 is 6.41. The molecule has 1 aromatic carbocycles.